The monoisotopic (exact) mass is 139 g/mol. The lowest BCUT2D eigenvalue weighted by atomic mass is 10.5. The van der Waals surface area contributed by atoms with Crippen LogP contribution in [0.4, 0.5) is 0 Å². The van der Waals surface area contributed by atoms with E-state index in [4.69, 9.17) is 6.42 Å². The van der Waals surface area contributed by atoms with Crippen LogP contribution in [0.5, 0.6) is 0 Å². The largest absolute Gasteiger partial charge is 0.149 e. The van der Waals surface area contributed by atoms with E-state index in [0.29, 0.717) is 0 Å². The second-order valence-corrected chi connectivity index (χ2v) is 6.42. The number of hydrogen-bond acceptors (Lipinski definition) is 0. The lowest BCUT2D eigenvalue weighted by Crippen LogP contribution is -2.18. The van der Waals surface area contributed by atoms with Gasteiger partial charge in [0.1, 0.15) is 8.80 Å². The first kappa shape index (κ1) is 8.78. The van der Waals surface area contributed by atoms with Crippen molar-refractivity contribution >= 4 is 8.80 Å². The molecular formula is C8H15Si. The molecule has 0 N–H and O–H groups in total. The minimum atomic E-state index is -0.490. The van der Waals surface area contributed by atoms with Crippen LogP contribution in [0.1, 0.15) is 27.7 Å². The molecule has 0 fully saturated rings. The maximum absolute atomic E-state index is 5.37. The van der Waals surface area contributed by atoms with Gasteiger partial charge in [-0.2, -0.15) is 0 Å². The second kappa shape index (κ2) is 3.74. The summed E-state index contributed by atoms with van der Waals surface area (Å²) in [7, 11) is -0.490. The van der Waals surface area contributed by atoms with E-state index >= 15 is 0 Å². The van der Waals surface area contributed by atoms with E-state index in [-0.39, 0.29) is 0 Å². The zero-order valence-electron chi connectivity index (χ0n) is 6.73. The summed E-state index contributed by atoms with van der Waals surface area (Å²) in [6.07, 6.45) is 5.37. The van der Waals surface area contributed by atoms with Crippen LogP contribution in [0.15, 0.2) is 0 Å². The van der Waals surface area contributed by atoms with Crippen molar-refractivity contribution in [2.45, 2.75) is 38.8 Å². The maximum atomic E-state index is 5.37. The molecular weight excluding hydrogens is 124 g/mol. The summed E-state index contributed by atoms with van der Waals surface area (Å²) in [5, 5.41) is 0. The van der Waals surface area contributed by atoms with Gasteiger partial charge in [-0.25, -0.2) is 0 Å². The van der Waals surface area contributed by atoms with Crippen molar-refractivity contribution in [3.63, 3.8) is 0 Å². The lowest BCUT2D eigenvalue weighted by Gasteiger charge is -2.14. The van der Waals surface area contributed by atoms with Crippen LogP contribution in [-0.2, 0) is 0 Å². The van der Waals surface area contributed by atoms with Gasteiger partial charge in [-0.05, 0) is 11.1 Å². The zero-order valence-corrected chi connectivity index (χ0v) is 7.73. The highest BCUT2D eigenvalue weighted by molar-refractivity contribution is 6.70. The van der Waals surface area contributed by atoms with E-state index in [2.05, 4.69) is 33.2 Å². The Kier molecular flexibility index (Phi) is 3.64. The molecule has 0 unspecified atom stereocenters. The van der Waals surface area contributed by atoms with Gasteiger partial charge in [-0.15, -0.1) is 12.0 Å². The molecule has 0 spiro atoms. The van der Waals surface area contributed by atoms with Crippen molar-refractivity contribution < 1.29 is 0 Å². The molecule has 0 aromatic heterocycles. The van der Waals surface area contributed by atoms with Crippen LogP contribution in [0.25, 0.3) is 0 Å². The molecule has 0 heterocycles. The fraction of sp³-hybridized carbons (Fsp3) is 0.750. The standard InChI is InChI=1S/C8H15Si/c1-6-9(7(2)3)8(4)5/h1,7-8H,2-5H3. The molecule has 0 saturated heterocycles. The van der Waals surface area contributed by atoms with Crippen molar-refractivity contribution in [2.24, 2.45) is 0 Å². The third-order valence-electron chi connectivity index (χ3n) is 1.41. The Morgan fingerprint density at radius 2 is 1.44 bits per heavy atom. The van der Waals surface area contributed by atoms with E-state index in [9.17, 15) is 0 Å². The summed E-state index contributed by atoms with van der Waals surface area (Å²) in [5.74, 6) is 0. The van der Waals surface area contributed by atoms with Gasteiger partial charge in [0.15, 0.2) is 0 Å². The number of terminal acetylenes is 1. The molecule has 51 valence electrons. The molecule has 0 nitrogen and oxygen atoms in total. The van der Waals surface area contributed by atoms with Gasteiger partial charge in [-0.1, -0.05) is 27.7 Å². The topological polar surface area (TPSA) is 0 Å². The Hall–Kier alpha value is -0.223. The fourth-order valence-electron chi connectivity index (χ4n) is 1.00. The molecule has 1 heteroatoms. The predicted octanol–water partition coefficient (Wildman–Crippen LogP) is 2.47. The Balaban J connectivity index is 3.87. The van der Waals surface area contributed by atoms with Crippen molar-refractivity contribution in [1.82, 2.24) is 0 Å². The molecule has 0 aliphatic heterocycles. The quantitative estimate of drug-likeness (QED) is 0.407. The molecule has 0 rings (SSSR count). The van der Waals surface area contributed by atoms with Gasteiger partial charge in [-0.3, -0.25) is 0 Å². The van der Waals surface area contributed by atoms with Gasteiger partial charge in [0.05, 0.1) is 0 Å². The molecule has 0 aromatic rings. The van der Waals surface area contributed by atoms with Gasteiger partial charge < -0.3 is 0 Å². The highest BCUT2D eigenvalue weighted by Gasteiger charge is 2.16. The molecule has 9 heavy (non-hydrogen) atoms. The lowest BCUT2D eigenvalue weighted by molar-refractivity contribution is 0.954. The highest BCUT2D eigenvalue weighted by atomic mass is 28.3. The molecule has 0 saturated carbocycles. The summed E-state index contributed by atoms with van der Waals surface area (Å²) >= 11 is 0. The molecule has 0 aromatic carbocycles. The Bertz CT molecular complexity index is 100. The maximum Gasteiger partial charge on any atom is 0.149 e. The molecule has 0 bridgehead atoms. The van der Waals surface area contributed by atoms with Crippen molar-refractivity contribution in [3.05, 3.63) is 0 Å². The highest BCUT2D eigenvalue weighted by Crippen LogP contribution is 2.18. The van der Waals surface area contributed by atoms with E-state index in [0.717, 1.165) is 11.1 Å². The smallest absolute Gasteiger partial charge is 0.136 e. The van der Waals surface area contributed by atoms with Crippen LogP contribution >= 0.6 is 0 Å². The van der Waals surface area contributed by atoms with E-state index in [1.165, 1.54) is 0 Å². The van der Waals surface area contributed by atoms with Crippen LogP contribution < -0.4 is 0 Å². The summed E-state index contributed by atoms with van der Waals surface area (Å²) in [5.41, 5.74) is 4.35. The molecule has 0 atom stereocenters. The van der Waals surface area contributed by atoms with Gasteiger partial charge in [0.2, 0.25) is 0 Å². The predicted molar refractivity (Wildman–Crippen MR) is 44.8 cm³/mol. The Morgan fingerprint density at radius 1 is 1.11 bits per heavy atom. The minimum Gasteiger partial charge on any atom is -0.136 e. The van der Waals surface area contributed by atoms with E-state index in [1.54, 1.807) is 0 Å². The SMILES string of the molecule is C#C[Si](C(C)C)C(C)C. The number of hydrogen-bond donors (Lipinski definition) is 0. The Morgan fingerprint density at radius 3 is 1.44 bits per heavy atom. The van der Waals surface area contributed by atoms with Gasteiger partial charge >= 0.3 is 0 Å². The van der Waals surface area contributed by atoms with Gasteiger partial charge in [0.25, 0.3) is 0 Å². The third-order valence-corrected chi connectivity index (χ3v) is 4.23. The van der Waals surface area contributed by atoms with E-state index in [1.807, 2.05) is 0 Å². The van der Waals surface area contributed by atoms with Crippen LogP contribution in [-0.4, -0.2) is 8.80 Å². The van der Waals surface area contributed by atoms with Crippen LogP contribution in [0.3, 0.4) is 0 Å². The second-order valence-electron chi connectivity index (χ2n) is 2.91. The molecule has 0 aliphatic rings. The Labute approximate surface area is 60.3 Å². The summed E-state index contributed by atoms with van der Waals surface area (Å²) in [6, 6.07) is 0. The molecule has 0 amide bonds. The van der Waals surface area contributed by atoms with Crippen molar-refractivity contribution in [3.8, 4) is 12.0 Å². The fourth-order valence-corrected chi connectivity index (χ4v) is 3.00. The van der Waals surface area contributed by atoms with Gasteiger partial charge in [0, 0.05) is 0 Å². The average molecular weight is 139 g/mol. The third kappa shape index (κ3) is 2.72. The first-order valence-corrected chi connectivity index (χ1v) is 5.08. The molecule has 1 radical (unpaired) electrons. The van der Waals surface area contributed by atoms with Crippen molar-refractivity contribution in [1.29, 1.82) is 0 Å². The van der Waals surface area contributed by atoms with Crippen LogP contribution in [0.2, 0.25) is 11.1 Å². The minimum absolute atomic E-state index is 0.490. The zero-order chi connectivity index (χ0) is 7.44. The average Bonchev–Trinajstić information content (AvgIpc) is 1.64. The first-order valence-electron chi connectivity index (χ1n) is 3.43. The number of rotatable bonds is 2. The summed E-state index contributed by atoms with van der Waals surface area (Å²) in [4.78, 5) is 0. The summed E-state index contributed by atoms with van der Waals surface area (Å²) < 4.78 is 0. The first-order chi connectivity index (χ1) is 4.09. The van der Waals surface area contributed by atoms with E-state index < -0.39 is 8.80 Å². The normalized spacial score (nSPS) is 10.9. The summed E-state index contributed by atoms with van der Waals surface area (Å²) in [6.45, 7) is 8.87. The van der Waals surface area contributed by atoms with Crippen molar-refractivity contribution in [2.75, 3.05) is 0 Å². The van der Waals surface area contributed by atoms with Crippen LogP contribution in [0, 0.1) is 12.0 Å². The molecule has 0 aliphatic carbocycles.